The van der Waals surface area contributed by atoms with Crippen molar-refractivity contribution in [2.24, 2.45) is 0 Å². The third kappa shape index (κ3) is 5.14. The summed E-state index contributed by atoms with van der Waals surface area (Å²) < 4.78 is 27.3. The number of benzene rings is 2. The Morgan fingerprint density at radius 3 is 2.17 bits per heavy atom. The molecule has 0 radical (unpaired) electrons. The molecule has 1 aliphatic rings. The number of amides is 1. The maximum atomic E-state index is 13.0. The van der Waals surface area contributed by atoms with Crippen molar-refractivity contribution >= 4 is 38.7 Å². The minimum absolute atomic E-state index is 0.0809. The molecule has 2 aromatic rings. The number of carbonyl (C=O) groups excluding carboxylic acids is 1. The van der Waals surface area contributed by atoms with E-state index in [1.54, 1.807) is 24.3 Å². The van der Waals surface area contributed by atoms with E-state index in [1.807, 2.05) is 0 Å². The van der Waals surface area contributed by atoms with Crippen LogP contribution in [0.4, 0.5) is 22.7 Å². The summed E-state index contributed by atoms with van der Waals surface area (Å²) in [6.45, 7) is 2.25. The normalized spacial score (nSPS) is 15.2. The number of carbonyl (C=O) groups is 1. The second-order valence-corrected chi connectivity index (χ2v) is 9.08. The first kappa shape index (κ1) is 21.7. The zero-order valence-electron chi connectivity index (χ0n) is 16.6. The average molecular weight is 433 g/mol. The predicted molar refractivity (Wildman–Crippen MR) is 114 cm³/mol. The van der Waals surface area contributed by atoms with Crippen LogP contribution in [0, 0.1) is 10.1 Å². The Hall–Kier alpha value is -2.98. The largest absolute Gasteiger partial charge is 0.350 e. The number of nitro groups is 1. The molecular formula is C20H24N4O5S. The molecule has 9 nitrogen and oxygen atoms in total. The Morgan fingerprint density at radius 1 is 1.00 bits per heavy atom. The molecule has 1 heterocycles. The number of sulfonamides is 1. The smallest absolute Gasteiger partial charge is 0.294 e. The van der Waals surface area contributed by atoms with Crippen LogP contribution in [0.3, 0.4) is 0 Å². The number of hydrogen-bond acceptors (Lipinski definition) is 6. The maximum Gasteiger partial charge on any atom is 0.294 e. The first-order chi connectivity index (χ1) is 14.3. The summed E-state index contributed by atoms with van der Waals surface area (Å²) in [4.78, 5) is 22.0. The van der Waals surface area contributed by atoms with E-state index in [2.05, 4.69) is 10.6 Å². The van der Waals surface area contributed by atoms with E-state index < -0.39 is 14.9 Å². The average Bonchev–Trinajstić information content (AvgIpc) is 2.99. The van der Waals surface area contributed by atoms with Gasteiger partial charge in [-0.1, -0.05) is 12.8 Å². The molecule has 0 saturated carbocycles. The fraction of sp³-hybridized carbons (Fsp3) is 0.350. The lowest BCUT2D eigenvalue weighted by Gasteiger charge is -2.20. The van der Waals surface area contributed by atoms with Gasteiger partial charge in [0.1, 0.15) is 5.69 Å². The van der Waals surface area contributed by atoms with Gasteiger partial charge in [0.05, 0.1) is 9.82 Å². The van der Waals surface area contributed by atoms with E-state index >= 15 is 0 Å². The van der Waals surface area contributed by atoms with Gasteiger partial charge in [0, 0.05) is 37.5 Å². The maximum absolute atomic E-state index is 13.0. The van der Waals surface area contributed by atoms with Gasteiger partial charge in [0.25, 0.3) is 5.69 Å². The molecule has 10 heteroatoms. The molecule has 0 aromatic heterocycles. The van der Waals surface area contributed by atoms with Crippen molar-refractivity contribution in [3.8, 4) is 0 Å². The number of hydrogen-bond donors (Lipinski definition) is 2. The SMILES string of the molecule is CC(=O)Nc1ccc(Nc2ccc(S(=O)(=O)N3CCCCCC3)cc2[N+](=O)[O-])cc1. The van der Waals surface area contributed by atoms with E-state index in [1.165, 1.54) is 23.4 Å². The minimum Gasteiger partial charge on any atom is -0.350 e. The second-order valence-electron chi connectivity index (χ2n) is 7.14. The molecule has 0 spiro atoms. The van der Waals surface area contributed by atoms with Crippen LogP contribution in [-0.2, 0) is 14.8 Å². The third-order valence-corrected chi connectivity index (χ3v) is 6.75. The number of nitrogens with one attached hydrogen (secondary N) is 2. The van der Waals surface area contributed by atoms with Gasteiger partial charge in [0.2, 0.25) is 15.9 Å². The van der Waals surface area contributed by atoms with Gasteiger partial charge in [-0.05, 0) is 49.2 Å². The van der Waals surface area contributed by atoms with Gasteiger partial charge in [-0.3, -0.25) is 14.9 Å². The van der Waals surface area contributed by atoms with E-state index in [-0.39, 0.29) is 22.2 Å². The van der Waals surface area contributed by atoms with Gasteiger partial charge >= 0.3 is 0 Å². The van der Waals surface area contributed by atoms with Crippen LogP contribution in [-0.4, -0.2) is 36.6 Å². The fourth-order valence-electron chi connectivity index (χ4n) is 3.36. The van der Waals surface area contributed by atoms with Crippen LogP contribution in [0.2, 0.25) is 0 Å². The quantitative estimate of drug-likeness (QED) is 0.528. The molecule has 1 saturated heterocycles. The molecule has 2 N–H and O–H groups in total. The van der Waals surface area contributed by atoms with Crippen molar-refractivity contribution in [3.05, 3.63) is 52.6 Å². The van der Waals surface area contributed by atoms with Gasteiger partial charge in [-0.25, -0.2) is 8.42 Å². The van der Waals surface area contributed by atoms with E-state index in [0.717, 1.165) is 31.7 Å². The number of nitrogens with zero attached hydrogens (tertiary/aromatic N) is 2. The lowest BCUT2D eigenvalue weighted by molar-refractivity contribution is -0.384. The zero-order chi connectivity index (χ0) is 21.7. The Balaban J connectivity index is 1.86. The number of nitro benzene ring substituents is 1. The predicted octanol–water partition coefficient (Wildman–Crippen LogP) is 3.86. The monoisotopic (exact) mass is 432 g/mol. The Labute approximate surface area is 175 Å². The highest BCUT2D eigenvalue weighted by atomic mass is 32.2. The van der Waals surface area contributed by atoms with Gasteiger partial charge in [-0.2, -0.15) is 4.31 Å². The molecule has 30 heavy (non-hydrogen) atoms. The van der Waals surface area contributed by atoms with Crippen molar-refractivity contribution in [3.63, 3.8) is 0 Å². The van der Waals surface area contributed by atoms with Crippen LogP contribution in [0.5, 0.6) is 0 Å². The summed E-state index contributed by atoms with van der Waals surface area (Å²) in [7, 11) is -3.79. The molecular weight excluding hydrogens is 408 g/mol. The Bertz CT molecular complexity index is 1030. The zero-order valence-corrected chi connectivity index (χ0v) is 17.4. The topological polar surface area (TPSA) is 122 Å². The van der Waals surface area contributed by atoms with Gasteiger partial charge < -0.3 is 10.6 Å². The highest BCUT2D eigenvalue weighted by Gasteiger charge is 2.28. The van der Waals surface area contributed by atoms with Crippen LogP contribution in [0.1, 0.15) is 32.6 Å². The fourth-order valence-corrected chi connectivity index (χ4v) is 4.89. The molecule has 2 aromatic carbocycles. The van der Waals surface area contributed by atoms with Crippen molar-refractivity contribution in [2.75, 3.05) is 23.7 Å². The molecule has 0 atom stereocenters. The van der Waals surface area contributed by atoms with E-state index in [9.17, 15) is 23.3 Å². The number of anilines is 3. The molecule has 0 aliphatic carbocycles. The molecule has 160 valence electrons. The summed E-state index contributed by atoms with van der Waals surface area (Å²) in [5, 5.41) is 17.2. The molecule has 1 fully saturated rings. The van der Waals surface area contributed by atoms with Crippen LogP contribution in [0.15, 0.2) is 47.4 Å². The lowest BCUT2D eigenvalue weighted by atomic mass is 10.2. The highest BCUT2D eigenvalue weighted by molar-refractivity contribution is 7.89. The Morgan fingerprint density at radius 2 is 1.60 bits per heavy atom. The van der Waals surface area contributed by atoms with Crippen LogP contribution < -0.4 is 10.6 Å². The first-order valence-corrected chi connectivity index (χ1v) is 11.1. The molecule has 1 aliphatic heterocycles. The Kier molecular flexibility index (Phi) is 6.68. The first-order valence-electron chi connectivity index (χ1n) is 9.70. The highest BCUT2D eigenvalue weighted by Crippen LogP contribution is 2.32. The molecule has 3 rings (SSSR count). The summed E-state index contributed by atoms with van der Waals surface area (Å²) in [5.41, 5.74) is 1.02. The van der Waals surface area contributed by atoms with Crippen molar-refractivity contribution in [1.29, 1.82) is 0 Å². The van der Waals surface area contributed by atoms with Crippen molar-refractivity contribution in [2.45, 2.75) is 37.5 Å². The van der Waals surface area contributed by atoms with Crippen molar-refractivity contribution in [1.82, 2.24) is 4.31 Å². The van der Waals surface area contributed by atoms with Crippen molar-refractivity contribution < 1.29 is 18.1 Å². The molecule has 1 amide bonds. The van der Waals surface area contributed by atoms with Crippen LogP contribution in [0.25, 0.3) is 0 Å². The van der Waals surface area contributed by atoms with Crippen LogP contribution >= 0.6 is 0 Å². The minimum atomic E-state index is -3.79. The van der Waals surface area contributed by atoms with E-state index in [4.69, 9.17) is 0 Å². The molecule has 0 bridgehead atoms. The standard InChI is InChI=1S/C20H24N4O5S/c1-15(25)21-16-6-8-17(9-7-16)22-19-11-10-18(14-20(19)24(26)27)30(28,29)23-12-4-2-3-5-13-23/h6-11,14,22H,2-5,12-13H2,1H3,(H,21,25). The van der Waals surface area contributed by atoms with Gasteiger partial charge in [-0.15, -0.1) is 0 Å². The second kappa shape index (κ2) is 9.23. The lowest BCUT2D eigenvalue weighted by Crippen LogP contribution is -2.32. The summed E-state index contributed by atoms with van der Waals surface area (Å²) >= 11 is 0. The number of rotatable bonds is 6. The van der Waals surface area contributed by atoms with Gasteiger partial charge in [0.15, 0.2) is 0 Å². The summed E-state index contributed by atoms with van der Waals surface area (Å²) in [6.07, 6.45) is 3.54. The molecule has 0 unspecified atom stereocenters. The van der Waals surface area contributed by atoms with E-state index in [0.29, 0.717) is 24.5 Å². The summed E-state index contributed by atoms with van der Waals surface area (Å²) in [5.74, 6) is -0.201. The third-order valence-electron chi connectivity index (χ3n) is 4.85. The summed E-state index contributed by atoms with van der Waals surface area (Å²) in [6, 6.07) is 10.6.